The topological polar surface area (TPSA) is 103 Å². The van der Waals surface area contributed by atoms with Gasteiger partial charge in [-0.2, -0.15) is 0 Å². The predicted molar refractivity (Wildman–Crippen MR) is 132 cm³/mol. The summed E-state index contributed by atoms with van der Waals surface area (Å²) in [6.45, 7) is 2.14. The zero-order chi connectivity index (χ0) is 24.1. The van der Waals surface area contributed by atoms with Gasteiger partial charge < -0.3 is 24.7 Å². The molecule has 4 aromatic rings. The molecule has 176 valence electrons. The molecular formula is C24H23N3O5S2. The Bertz CT molecular complexity index is 1420. The summed E-state index contributed by atoms with van der Waals surface area (Å²) in [5, 5.41) is 20.4. The van der Waals surface area contributed by atoms with E-state index in [1.54, 1.807) is 48.7 Å². The van der Waals surface area contributed by atoms with Gasteiger partial charge in [-0.25, -0.2) is 0 Å². The van der Waals surface area contributed by atoms with Crippen LogP contribution in [0.3, 0.4) is 0 Å². The first-order valence-electron chi connectivity index (χ1n) is 10.7. The smallest absolute Gasteiger partial charge is 0.264 e. The number of thiophene rings is 2. The van der Waals surface area contributed by atoms with Crippen molar-refractivity contribution in [2.24, 2.45) is 0 Å². The molecule has 3 aromatic heterocycles. The van der Waals surface area contributed by atoms with Gasteiger partial charge in [-0.05, 0) is 31.2 Å². The highest BCUT2D eigenvalue weighted by molar-refractivity contribution is 7.21. The molecule has 4 heterocycles. The molecule has 0 saturated carbocycles. The molecule has 8 nitrogen and oxygen atoms in total. The molecule has 2 N–H and O–H groups in total. The van der Waals surface area contributed by atoms with Gasteiger partial charge in [0.2, 0.25) is 0 Å². The number of nitrogens with zero attached hydrogens (tertiary/aromatic N) is 3. The van der Waals surface area contributed by atoms with Gasteiger partial charge in [0, 0.05) is 54.4 Å². The van der Waals surface area contributed by atoms with Crippen LogP contribution >= 0.6 is 22.7 Å². The number of carbonyl (C=O) groups is 2. The zero-order valence-corrected chi connectivity index (χ0v) is 20.4. The molecule has 1 aliphatic rings. The summed E-state index contributed by atoms with van der Waals surface area (Å²) in [5.74, 6) is 0.921. The maximum absolute atomic E-state index is 12.9. The number of pyridine rings is 1. The number of β-amino-alcohol motifs (C(OH)–C–C–N with tert-alkyl or cyclic N) is 2. The number of amides is 2. The zero-order valence-electron chi connectivity index (χ0n) is 18.8. The van der Waals surface area contributed by atoms with Gasteiger partial charge in [0.05, 0.1) is 32.9 Å². The van der Waals surface area contributed by atoms with Crippen molar-refractivity contribution in [1.82, 2.24) is 14.8 Å². The van der Waals surface area contributed by atoms with Crippen LogP contribution in [0.15, 0.2) is 36.5 Å². The summed E-state index contributed by atoms with van der Waals surface area (Å²) in [6.07, 6.45) is -0.233. The minimum atomic E-state index is -0.931. The lowest BCUT2D eigenvalue weighted by molar-refractivity contribution is 0.0572. The third kappa shape index (κ3) is 3.92. The number of likely N-dealkylation sites (tertiary alicyclic amines) is 1. The molecule has 2 amide bonds. The standard InChI is InChI=1S/C24H23N3O5S2/c1-12-21(24(31)26(2)3)14-5-4-13(8-19(14)33-12)32-18-6-7-25-15-9-20(34-22(15)18)23(30)27-10-16(28)17(29)11-27/h4-9,16-17,28-29H,10-11H2,1-3H3/t16-,17+. The van der Waals surface area contributed by atoms with Crippen molar-refractivity contribution in [3.8, 4) is 11.5 Å². The number of aliphatic hydroxyl groups is 2. The van der Waals surface area contributed by atoms with Crippen molar-refractivity contribution in [3.63, 3.8) is 0 Å². The van der Waals surface area contributed by atoms with Crippen LogP contribution in [0.2, 0.25) is 0 Å². The lowest BCUT2D eigenvalue weighted by atomic mass is 10.1. The van der Waals surface area contributed by atoms with Gasteiger partial charge in [0.1, 0.15) is 11.5 Å². The number of benzene rings is 1. The number of aromatic nitrogens is 1. The molecule has 5 rings (SSSR count). The van der Waals surface area contributed by atoms with E-state index in [4.69, 9.17) is 4.74 Å². The number of rotatable bonds is 4. The lowest BCUT2D eigenvalue weighted by Gasteiger charge is -2.13. The summed E-state index contributed by atoms with van der Waals surface area (Å²) in [5.41, 5.74) is 1.35. The van der Waals surface area contributed by atoms with E-state index in [0.29, 0.717) is 27.5 Å². The Morgan fingerprint density at radius 1 is 1.12 bits per heavy atom. The molecule has 34 heavy (non-hydrogen) atoms. The van der Waals surface area contributed by atoms with Crippen LogP contribution in [0.4, 0.5) is 0 Å². The first-order chi connectivity index (χ1) is 16.2. The van der Waals surface area contributed by atoms with E-state index >= 15 is 0 Å². The van der Waals surface area contributed by atoms with Crippen molar-refractivity contribution in [3.05, 3.63) is 51.8 Å². The molecule has 2 atom stereocenters. The molecule has 0 aliphatic carbocycles. The average Bonchev–Trinajstić information content (AvgIpc) is 3.47. The van der Waals surface area contributed by atoms with Crippen LogP contribution in [-0.4, -0.2) is 76.2 Å². The maximum atomic E-state index is 12.9. The van der Waals surface area contributed by atoms with Gasteiger partial charge in [-0.1, -0.05) is 0 Å². The average molecular weight is 498 g/mol. The van der Waals surface area contributed by atoms with Crippen molar-refractivity contribution in [2.75, 3.05) is 27.2 Å². The lowest BCUT2D eigenvalue weighted by Crippen LogP contribution is -2.29. The van der Waals surface area contributed by atoms with Crippen LogP contribution < -0.4 is 4.74 Å². The normalized spacial score (nSPS) is 18.1. The highest BCUT2D eigenvalue weighted by Gasteiger charge is 2.33. The van der Waals surface area contributed by atoms with Gasteiger partial charge in [-0.15, -0.1) is 22.7 Å². The SMILES string of the molecule is Cc1sc2cc(Oc3ccnc4cc(C(=O)N5C[C@@H](O)[C@@H](O)C5)sc34)ccc2c1C(=O)N(C)C. The summed E-state index contributed by atoms with van der Waals surface area (Å²) in [6, 6.07) is 9.10. The first-order valence-corrected chi connectivity index (χ1v) is 12.3. The summed E-state index contributed by atoms with van der Waals surface area (Å²) in [4.78, 5) is 34.3. The Morgan fingerprint density at radius 3 is 2.56 bits per heavy atom. The summed E-state index contributed by atoms with van der Waals surface area (Å²) in [7, 11) is 3.48. The molecule has 1 aromatic carbocycles. The monoisotopic (exact) mass is 497 g/mol. The number of ether oxygens (including phenoxy) is 1. The summed E-state index contributed by atoms with van der Waals surface area (Å²) < 4.78 is 7.88. The van der Waals surface area contributed by atoms with Crippen molar-refractivity contribution in [1.29, 1.82) is 0 Å². The van der Waals surface area contributed by atoms with Crippen LogP contribution in [-0.2, 0) is 0 Å². The Kier molecular flexibility index (Phi) is 5.76. The van der Waals surface area contributed by atoms with E-state index in [9.17, 15) is 19.8 Å². The second kappa shape index (κ2) is 8.62. The van der Waals surface area contributed by atoms with Crippen molar-refractivity contribution in [2.45, 2.75) is 19.1 Å². The molecule has 1 saturated heterocycles. The number of aliphatic hydroxyl groups excluding tert-OH is 2. The number of hydrogen-bond acceptors (Lipinski definition) is 8. The van der Waals surface area contributed by atoms with Crippen LogP contribution in [0.5, 0.6) is 11.5 Å². The van der Waals surface area contributed by atoms with Gasteiger partial charge in [0.25, 0.3) is 11.8 Å². The molecule has 0 radical (unpaired) electrons. The Labute approximate surface area is 203 Å². The molecule has 0 unspecified atom stereocenters. The van der Waals surface area contributed by atoms with Crippen LogP contribution in [0.1, 0.15) is 24.9 Å². The first kappa shape index (κ1) is 22.7. The van der Waals surface area contributed by atoms with E-state index in [0.717, 1.165) is 19.7 Å². The second-order valence-electron chi connectivity index (χ2n) is 8.47. The second-order valence-corrected chi connectivity index (χ2v) is 10.8. The fraction of sp³-hybridized carbons (Fsp3) is 0.292. The van der Waals surface area contributed by atoms with Crippen molar-refractivity contribution < 1.29 is 24.5 Å². The van der Waals surface area contributed by atoms with Gasteiger partial charge >= 0.3 is 0 Å². The summed E-state index contributed by atoms with van der Waals surface area (Å²) >= 11 is 2.82. The quantitative estimate of drug-likeness (QED) is 0.447. The number of aryl methyl sites for hydroxylation is 1. The Morgan fingerprint density at radius 2 is 1.85 bits per heavy atom. The van der Waals surface area contributed by atoms with Crippen LogP contribution in [0, 0.1) is 6.92 Å². The van der Waals surface area contributed by atoms with E-state index in [2.05, 4.69) is 4.98 Å². The highest BCUT2D eigenvalue weighted by Crippen LogP contribution is 2.38. The van der Waals surface area contributed by atoms with E-state index in [1.807, 2.05) is 25.1 Å². The largest absolute Gasteiger partial charge is 0.456 e. The van der Waals surface area contributed by atoms with E-state index in [-0.39, 0.29) is 24.9 Å². The molecule has 10 heteroatoms. The molecule has 0 spiro atoms. The maximum Gasteiger partial charge on any atom is 0.264 e. The van der Waals surface area contributed by atoms with Gasteiger partial charge in [0.15, 0.2) is 0 Å². The van der Waals surface area contributed by atoms with Gasteiger partial charge in [-0.3, -0.25) is 14.6 Å². The third-order valence-electron chi connectivity index (χ3n) is 5.82. The molecule has 1 fully saturated rings. The Balaban J connectivity index is 1.45. The molecule has 0 bridgehead atoms. The highest BCUT2D eigenvalue weighted by atomic mass is 32.1. The number of carbonyl (C=O) groups excluding carboxylic acids is 2. The van der Waals surface area contributed by atoms with E-state index in [1.165, 1.54) is 16.2 Å². The van der Waals surface area contributed by atoms with E-state index < -0.39 is 12.2 Å². The fourth-order valence-corrected chi connectivity index (χ4v) is 6.19. The van der Waals surface area contributed by atoms with Crippen molar-refractivity contribution >= 4 is 54.8 Å². The molecule has 1 aliphatic heterocycles. The van der Waals surface area contributed by atoms with Crippen LogP contribution in [0.25, 0.3) is 20.3 Å². The Hall–Kier alpha value is -3.05. The third-order valence-corrected chi connectivity index (χ3v) is 8.01. The minimum Gasteiger partial charge on any atom is -0.456 e. The minimum absolute atomic E-state index is 0.0258. The number of fused-ring (bicyclic) bond motifs is 2. The fourth-order valence-electron chi connectivity index (χ4n) is 4.07. The molecular weight excluding hydrogens is 474 g/mol. The predicted octanol–water partition coefficient (Wildman–Crippen LogP) is 3.49. The number of hydrogen-bond donors (Lipinski definition) is 2.